The van der Waals surface area contributed by atoms with Gasteiger partial charge < -0.3 is 19.7 Å². The molecule has 2 fully saturated rings. The molecule has 0 aliphatic carbocycles. The molecule has 2 aliphatic rings. The molecule has 0 saturated carbocycles. The van der Waals surface area contributed by atoms with Gasteiger partial charge in [0.1, 0.15) is 27.4 Å². The van der Waals surface area contributed by atoms with Gasteiger partial charge in [0.05, 0.1) is 15.8 Å². The second-order valence-electron chi connectivity index (χ2n) is 10.4. The van der Waals surface area contributed by atoms with Gasteiger partial charge in [-0.05, 0) is 58.6 Å². The largest absolute Gasteiger partial charge is 0.444 e. The van der Waals surface area contributed by atoms with Crippen LogP contribution in [0.5, 0.6) is 0 Å². The fourth-order valence-electron chi connectivity index (χ4n) is 4.64. The van der Waals surface area contributed by atoms with Gasteiger partial charge in [0.25, 0.3) is 0 Å². The number of halogens is 1. The molecule has 1 atom stereocenters. The van der Waals surface area contributed by atoms with Crippen LogP contribution in [0.1, 0.15) is 58.2 Å². The Bertz CT molecular complexity index is 1210. The molecule has 8 nitrogen and oxygen atoms in total. The lowest BCUT2D eigenvalue weighted by Gasteiger charge is -2.35. The maximum atomic E-state index is 12.7. The zero-order valence-electron chi connectivity index (χ0n) is 20.9. The number of rotatable bonds is 4. The van der Waals surface area contributed by atoms with Gasteiger partial charge in [-0.2, -0.15) is 0 Å². The maximum absolute atomic E-state index is 12.7. The monoisotopic (exact) mass is 529 g/mol. The molecule has 5 rings (SSSR count). The van der Waals surface area contributed by atoms with Crippen LogP contribution in [-0.4, -0.2) is 63.9 Å². The van der Waals surface area contributed by atoms with E-state index in [9.17, 15) is 4.79 Å². The number of nitrogens with one attached hydrogen (secondary N) is 1. The highest BCUT2D eigenvalue weighted by Crippen LogP contribution is 2.39. The van der Waals surface area contributed by atoms with Crippen molar-refractivity contribution in [1.82, 2.24) is 19.9 Å². The maximum Gasteiger partial charge on any atom is 0.410 e. The zero-order valence-corrected chi connectivity index (χ0v) is 22.5. The van der Waals surface area contributed by atoms with E-state index in [0.717, 1.165) is 46.7 Å². The molecule has 0 radical (unpaired) electrons. The van der Waals surface area contributed by atoms with E-state index >= 15 is 0 Å². The second kappa shape index (κ2) is 10.5. The Labute approximate surface area is 220 Å². The van der Waals surface area contributed by atoms with Gasteiger partial charge in [-0.1, -0.05) is 23.7 Å². The van der Waals surface area contributed by atoms with Gasteiger partial charge >= 0.3 is 6.09 Å². The smallest absolute Gasteiger partial charge is 0.410 e. The Kier molecular flexibility index (Phi) is 7.32. The lowest BCUT2D eigenvalue weighted by Crippen LogP contribution is -2.47. The lowest BCUT2D eigenvalue weighted by atomic mass is 9.99. The zero-order chi connectivity index (χ0) is 25.3. The first kappa shape index (κ1) is 25.2. The van der Waals surface area contributed by atoms with Crippen LogP contribution in [0.25, 0.3) is 20.8 Å². The first-order chi connectivity index (χ1) is 17.3. The Morgan fingerprint density at radius 2 is 1.94 bits per heavy atom. The Morgan fingerprint density at radius 1 is 1.17 bits per heavy atom. The number of hydrogen-bond acceptors (Lipinski definition) is 8. The molecule has 0 unspecified atom stereocenters. The Hall–Kier alpha value is -2.49. The van der Waals surface area contributed by atoms with Crippen LogP contribution in [0.2, 0.25) is 5.15 Å². The van der Waals surface area contributed by atoms with Crippen LogP contribution in [0, 0.1) is 0 Å². The molecule has 1 aromatic carbocycles. The number of nitrogens with zero attached hydrogens (tertiary/aromatic N) is 4. The number of aromatic nitrogens is 3. The average molecular weight is 530 g/mol. The van der Waals surface area contributed by atoms with E-state index < -0.39 is 5.60 Å². The number of para-hydroxylation sites is 1. The van der Waals surface area contributed by atoms with E-state index in [1.54, 1.807) is 16.2 Å². The highest BCUT2D eigenvalue weighted by atomic mass is 35.5. The van der Waals surface area contributed by atoms with Gasteiger partial charge in [-0.25, -0.2) is 19.7 Å². The van der Waals surface area contributed by atoms with Crippen LogP contribution in [0.15, 0.2) is 24.3 Å². The van der Waals surface area contributed by atoms with Crippen molar-refractivity contribution in [2.45, 2.75) is 64.0 Å². The number of likely N-dealkylation sites (tertiary alicyclic amines) is 1. The molecular weight excluding hydrogens is 498 g/mol. The van der Waals surface area contributed by atoms with Crippen molar-refractivity contribution in [3.8, 4) is 10.6 Å². The summed E-state index contributed by atoms with van der Waals surface area (Å²) in [5.74, 6) is 1.60. The van der Waals surface area contributed by atoms with Crippen LogP contribution in [-0.2, 0) is 9.47 Å². The first-order valence-electron chi connectivity index (χ1n) is 12.5. The van der Waals surface area contributed by atoms with Gasteiger partial charge in [0.2, 0.25) is 0 Å². The summed E-state index contributed by atoms with van der Waals surface area (Å²) in [6.07, 6.45) is 3.23. The third-order valence-electron chi connectivity index (χ3n) is 6.39. The van der Waals surface area contributed by atoms with Crippen molar-refractivity contribution < 1.29 is 14.3 Å². The summed E-state index contributed by atoms with van der Waals surface area (Å²) in [7, 11) is 0. The third kappa shape index (κ3) is 5.74. The minimum Gasteiger partial charge on any atom is -0.444 e. The number of carbonyl (C=O) groups excluding carboxylic acids is 1. The summed E-state index contributed by atoms with van der Waals surface area (Å²) in [5, 5.41) is 4.79. The molecule has 192 valence electrons. The molecule has 3 aromatic rings. The van der Waals surface area contributed by atoms with Gasteiger partial charge in [0.15, 0.2) is 0 Å². The molecule has 36 heavy (non-hydrogen) atoms. The molecule has 1 amide bonds. The third-order valence-corrected chi connectivity index (χ3v) is 7.72. The highest BCUT2D eigenvalue weighted by Gasteiger charge is 2.30. The van der Waals surface area contributed by atoms with Crippen molar-refractivity contribution in [3.05, 3.63) is 35.2 Å². The molecule has 10 heteroatoms. The van der Waals surface area contributed by atoms with Crippen molar-refractivity contribution in [1.29, 1.82) is 0 Å². The number of carbonyl (C=O) groups is 1. The van der Waals surface area contributed by atoms with E-state index in [1.165, 1.54) is 0 Å². The summed E-state index contributed by atoms with van der Waals surface area (Å²) in [5.41, 5.74) is 1.10. The van der Waals surface area contributed by atoms with Gasteiger partial charge in [-0.3, -0.25) is 0 Å². The van der Waals surface area contributed by atoms with Crippen molar-refractivity contribution >= 4 is 45.1 Å². The topological polar surface area (TPSA) is 89.5 Å². The molecular formula is C26H32ClN5O3S. The SMILES string of the molecule is CC(C)(C)OC(=O)N1CCC[C@@H](Nc2nc(C3CCOCC3)nc(Cl)c2-c2nc3ccccc3s2)C1. The lowest BCUT2D eigenvalue weighted by molar-refractivity contribution is 0.0206. The number of amides is 1. The number of thiazole rings is 1. The van der Waals surface area contributed by atoms with E-state index in [4.69, 9.17) is 36.0 Å². The minimum atomic E-state index is -0.531. The Morgan fingerprint density at radius 3 is 2.69 bits per heavy atom. The van der Waals surface area contributed by atoms with Crippen LogP contribution < -0.4 is 5.32 Å². The summed E-state index contributed by atoms with van der Waals surface area (Å²) < 4.78 is 12.2. The number of fused-ring (bicyclic) bond motifs is 1. The van der Waals surface area contributed by atoms with E-state index in [-0.39, 0.29) is 18.1 Å². The number of hydrogen-bond donors (Lipinski definition) is 1. The van der Waals surface area contributed by atoms with Crippen molar-refractivity contribution in [2.75, 3.05) is 31.6 Å². The predicted molar refractivity (Wildman–Crippen MR) is 143 cm³/mol. The standard InChI is InChI=1S/C26H32ClN5O3S/c1-26(2,3)35-25(33)32-12-6-7-17(15-32)28-23-20(24-29-18-8-4-5-9-19(18)36-24)21(27)30-22(31-23)16-10-13-34-14-11-16/h4-5,8-9,16-17H,6-7,10-15H2,1-3H3,(H,28,30,31)/t17-/m1/s1. The average Bonchev–Trinajstić information content (AvgIpc) is 3.27. The van der Waals surface area contributed by atoms with E-state index in [0.29, 0.717) is 42.8 Å². The minimum absolute atomic E-state index is 0.00732. The molecule has 4 heterocycles. The molecule has 0 spiro atoms. The first-order valence-corrected chi connectivity index (χ1v) is 13.7. The Balaban J connectivity index is 1.47. The van der Waals surface area contributed by atoms with Gasteiger partial charge in [0, 0.05) is 38.3 Å². The van der Waals surface area contributed by atoms with Crippen LogP contribution in [0.3, 0.4) is 0 Å². The fourth-order valence-corrected chi connectivity index (χ4v) is 5.98. The van der Waals surface area contributed by atoms with Crippen molar-refractivity contribution in [2.24, 2.45) is 0 Å². The predicted octanol–water partition coefficient (Wildman–Crippen LogP) is 6.11. The number of ether oxygens (including phenoxy) is 2. The molecule has 2 aromatic heterocycles. The number of piperidine rings is 1. The van der Waals surface area contributed by atoms with Crippen molar-refractivity contribution in [3.63, 3.8) is 0 Å². The number of benzene rings is 1. The molecule has 2 aliphatic heterocycles. The summed E-state index contributed by atoms with van der Waals surface area (Å²) in [6.45, 7) is 8.25. The summed E-state index contributed by atoms with van der Waals surface area (Å²) in [6, 6.07) is 8.03. The highest BCUT2D eigenvalue weighted by molar-refractivity contribution is 7.21. The molecule has 2 saturated heterocycles. The fraction of sp³-hybridized carbons (Fsp3) is 0.538. The van der Waals surface area contributed by atoms with Crippen LogP contribution in [0.4, 0.5) is 10.6 Å². The number of anilines is 1. The van der Waals surface area contributed by atoms with Gasteiger partial charge in [-0.15, -0.1) is 11.3 Å². The summed E-state index contributed by atoms with van der Waals surface area (Å²) >= 11 is 8.42. The normalized spacial score (nSPS) is 19.4. The molecule has 1 N–H and O–H groups in total. The second-order valence-corrected chi connectivity index (χ2v) is 11.8. The summed E-state index contributed by atoms with van der Waals surface area (Å²) in [4.78, 5) is 29.0. The van der Waals surface area contributed by atoms with Crippen LogP contribution >= 0.6 is 22.9 Å². The van der Waals surface area contributed by atoms with E-state index in [2.05, 4.69) is 11.4 Å². The van der Waals surface area contributed by atoms with E-state index in [1.807, 2.05) is 39.0 Å². The quantitative estimate of drug-likeness (QED) is 0.407. The molecule has 0 bridgehead atoms.